The quantitative estimate of drug-likeness (QED) is 0.780. The number of carbonyl (C=O) groups is 1. The number of halogens is 1. The summed E-state index contributed by atoms with van der Waals surface area (Å²) in [7, 11) is -3.12. The molecule has 1 aromatic carbocycles. The van der Waals surface area contributed by atoms with Gasteiger partial charge in [-0.25, -0.2) is 8.42 Å². The maximum atomic E-state index is 12.2. The van der Waals surface area contributed by atoms with Crippen molar-refractivity contribution in [2.75, 3.05) is 31.1 Å². The molecule has 0 bridgehead atoms. The zero-order chi connectivity index (χ0) is 17.9. The van der Waals surface area contributed by atoms with Crippen molar-refractivity contribution in [2.24, 2.45) is 5.92 Å². The zero-order valence-electron chi connectivity index (χ0n) is 14.2. The number of likely N-dealkylation sites (tertiary alicyclic amines) is 1. The molecule has 25 heavy (non-hydrogen) atoms. The van der Waals surface area contributed by atoms with Crippen LogP contribution in [0.4, 0.5) is 0 Å². The van der Waals surface area contributed by atoms with Gasteiger partial charge in [0.05, 0.1) is 29.5 Å². The zero-order valence-corrected chi connectivity index (χ0v) is 15.8. The molecule has 2 aliphatic heterocycles. The molecule has 2 saturated heterocycles. The third-order valence-electron chi connectivity index (χ3n) is 5.07. The van der Waals surface area contributed by atoms with Gasteiger partial charge in [0.25, 0.3) is 0 Å². The Balaban J connectivity index is 1.41. The highest BCUT2D eigenvalue weighted by Gasteiger charge is 2.37. The average Bonchev–Trinajstić information content (AvgIpc) is 2.82. The van der Waals surface area contributed by atoms with Crippen molar-refractivity contribution in [3.05, 3.63) is 35.9 Å². The number of sulfone groups is 1. The van der Waals surface area contributed by atoms with Crippen molar-refractivity contribution >= 4 is 27.3 Å². The van der Waals surface area contributed by atoms with E-state index in [9.17, 15) is 13.2 Å². The normalized spacial score (nSPS) is 27.2. The van der Waals surface area contributed by atoms with Crippen molar-refractivity contribution in [1.82, 2.24) is 10.2 Å². The van der Waals surface area contributed by atoms with E-state index in [1.165, 1.54) is 5.56 Å². The minimum atomic E-state index is -3.12. The molecule has 2 fully saturated rings. The standard InChI is InChI=1S/C18H25ClN2O3S/c19-16-12-25(23,24)13-17(16)20-18(22)11-21-8-6-15(7-9-21)10-14-4-2-1-3-5-14/h1-5,15-17H,6-13H2,(H,20,22)/t16-,17+/m1/s1. The first-order valence-electron chi connectivity index (χ1n) is 8.81. The van der Waals surface area contributed by atoms with Crippen LogP contribution in [0.3, 0.4) is 0 Å². The molecule has 2 atom stereocenters. The van der Waals surface area contributed by atoms with Gasteiger partial charge in [-0.05, 0) is 43.8 Å². The summed E-state index contributed by atoms with van der Waals surface area (Å²) in [4.78, 5) is 14.3. The van der Waals surface area contributed by atoms with E-state index in [2.05, 4.69) is 34.5 Å². The smallest absolute Gasteiger partial charge is 0.234 e. The minimum absolute atomic E-state index is 0.0495. The SMILES string of the molecule is O=C(CN1CCC(Cc2ccccc2)CC1)N[C@H]1CS(=O)(=O)C[C@H]1Cl. The molecule has 1 amide bonds. The lowest BCUT2D eigenvalue weighted by Gasteiger charge is -2.31. The molecular formula is C18H25ClN2O3S. The van der Waals surface area contributed by atoms with Crippen LogP contribution >= 0.6 is 11.6 Å². The van der Waals surface area contributed by atoms with Crippen LogP contribution in [0.5, 0.6) is 0 Å². The van der Waals surface area contributed by atoms with Crippen LogP contribution in [0.1, 0.15) is 18.4 Å². The van der Waals surface area contributed by atoms with Crippen molar-refractivity contribution in [3.8, 4) is 0 Å². The van der Waals surface area contributed by atoms with Gasteiger partial charge in [-0.15, -0.1) is 11.6 Å². The van der Waals surface area contributed by atoms with Crippen LogP contribution in [0, 0.1) is 5.92 Å². The Hall–Kier alpha value is -1.11. The molecule has 0 unspecified atom stereocenters. The number of benzene rings is 1. The van der Waals surface area contributed by atoms with Crippen molar-refractivity contribution in [3.63, 3.8) is 0 Å². The number of amides is 1. The maximum Gasteiger partial charge on any atom is 0.234 e. The molecule has 2 heterocycles. The number of rotatable bonds is 5. The number of carbonyl (C=O) groups excluding carboxylic acids is 1. The summed E-state index contributed by atoms with van der Waals surface area (Å²) in [6.45, 7) is 2.12. The van der Waals surface area contributed by atoms with Gasteiger partial charge in [-0.2, -0.15) is 0 Å². The lowest BCUT2D eigenvalue weighted by atomic mass is 9.90. The van der Waals surface area contributed by atoms with Gasteiger partial charge in [0, 0.05) is 0 Å². The summed E-state index contributed by atoms with van der Waals surface area (Å²) < 4.78 is 23.1. The molecule has 0 radical (unpaired) electrons. The number of nitrogens with zero attached hydrogens (tertiary/aromatic N) is 1. The number of piperidine rings is 1. The second-order valence-corrected chi connectivity index (χ2v) is 9.89. The van der Waals surface area contributed by atoms with Gasteiger partial charge >= 0.3 is 0 Å². The Labute approximate surface area is 154 Å². The fourth-order valence-electron chi connectivity index (χ4n) is 3.69. The predicted molar refractivity (Wildman–Crippen MR) is 99.5 cm³/mol. The maximum absolute atomic E-state index is 12.2. The first-order chi connectivity index (χ1) is 11.9. The first kappa shape index (κ1) is 18.7. The number of nitrogens with one attached hydrogen (secondary N) is 1. The lowest BCUT2D eigenvalue weighted by Crippen LogP contribution is -2.47. The Morgan fingerprint density at radius 1 is 1.16 bits per heavy atom. The van der Waals surface area contributed by atoms with Crippen LogP contribution in [-0.4, -0.2) is 61.8 Å². The van der Waals surface area contributed by atoms with Crippen LogP contribution in [0.2, 0.25) is 0 Å². The van der Waals surface area contributed by atoms with E-state index in [-0.39, 0.29) is 17.4 Å². The number of alkyl halides is 1. The molecule has 0 aromatic heterocycles. The number of hydrogen-bond acceptors (Lipinski definition) is 4. The molecule has 5 nitrogen and oxygen atoms in total. The highest BCUT2D eigenvalue weighted by molar-refractivity contribution is 7.91. The highest BCUT2D eigenvalue weighted by Crippen LogP contribution is 2.22. The van der Waals surface area contributed by atoms with Crippen LogP contribution in [0.25, 0.3) is 0 Å². The largest absolute Gasteiger partial charge is 0.350 e. The van der Waals surface area contributed by atoms with Crippen LogP contribution in [0.15, 0.2) is 30.3 Å². The third-order valence-corrected chi connectivity index (χ3v) is 7.45. The molecular weight excluding hydrogens is 360 g/mol. The van der Waals surface area contributed by atoms with Crippen molar-refractivity contribution < 1.29 is 13.2 Å². The van der Waals surface area contributed by atoms with E-state index in [1.54, 1.807) is 0 Å². The van der Waals surface area contributed by atoms with Gasteiger partial charge in [0.1, 0.15) is 0 Å². The van der Waals surface area contributed by atoms with Crippen molar-refractivity contribution in [1.29, 1.82) is 0 Å². The Morgan fingerprint density at radius 2 is 1.84 bits per heavy atom. The summed E-state index contributed by atoms with van der Waals surface area (Å²) in [5, 5.41) is 2.27. The van der Waals surface area contributed by atoms with E-state index in [0.29, 0.717) is 12.5 Å². The van der Waals surface area contributed by atoms with E-state index in [4.69, 9.17) is 11.6 Å². The second-order valence-electron chi connectivity index (χ2n) is 7.18. The topological polar surface area (TPSA) is 66.5 Å². The van der Waals surface area contributed by atoms with E-state index >= 15 is 0 Å². The fraction of sp³-hybridized carbons (Fsp3) is 0.611. The fourth-order valence-corrected chi connectivity index (χ4v) is 6.24. The summed E-state index contributed by atoms with van der Waals surface area (Å²) in [5.41, 5.74) is 1.37. The molecule has 2 aliphatic rings. The van der Waals surface area contributed by atoms with Gasteiger partial charge in [0.15, 0.2) is 9.84 Å². The molecule has 3 rings (SSSR count). The molecule has 138 valence electrons. The molecule has 0 saturated carbocycles. The van der Waals surface area contributed by atoms with Crippen molar-refractivity contribution in [2.45, 2.75) is 30.7 Å². The summed E-state index contributed by atoms with van der Waals surface area (Å²) in [5.74, 6) is 0.430. The van der Waals surface area contributed by atoms with Crippen LogP contribution in [-0.2, 0) is 21.1 Å². The van der Waals surface area contributed by atoms with E-state index < -0.39 is 21.3 Å². The summed E-state index contributed by atoms with van der Waals surface area (Å²) in [6.07, 6.45) is 3.25. The lowest BCUT2D eigenvalue weighted by molar-refractivity contribution is -0.123. The molecule has 1 aromatic rings. The Morgan fingerprint density at radius 3 is 2.44 bits per heavy atom. The van der Waals surface area contributed by atoms with Gasteiger partial charge in [-0.1, -0.05) is 30.3 Å². The predicted octanol–water partition coefficient (Wildman–Crippen LogP) is 1.46. The van der Waals surface area contributed by atoms with Gasteiger partial charge < -0.3 is 5.32 Å². The molecule has 0 spiro atoms. The summed E-state index contributed by atoms with van der Waals surface area (Å²) in [6, 6.07) is 10.0. The first-order valence-corrected chi connectivity index (χ1v) is 11.1. The highest BCUT2D eigenvalue weighted by atomic mass is 35.5. The molecule has 7 heteroatoms. The Bertz CT molecular complexity index is 688. The van der Waals surface area contributed by atoms with Gasteiger partial charge in [-0.3, -0.25) is 9.69 Å². The van der Waals surface area contributed by atoms with E-state index in [0.717, 1.165) is 32.4 Å². The summed E-state index contributed by atoms with van der Waals surface area (Å²) >= 11 is 6.04. The van der Waals surface area contributed by atoms with Crippen LogP contribution < -0.4 is 5.32 Å². The Kier molecular flexibility index (Phi) is 6.02. The third kappa shape index (κ3) is 5.43. The van der Waals surface area contributed by atoms with Gasteiger partial charge in [0.2, 0.25) is 5.91 Å². The number of hydrogen-bond donors (Lipinski definition) is 1. The van der Waals surface area contributed by atoms with E-state index in [1.807, 2.05) is 6.07 Å². The minimum Gasteiger partial charge on any atom is -0.350 e. The molecule has 1 N–H and O–H groups in total. The molecule has 0 aliphatic carbocycles. The average molecular weight is 385 g/mol. The monoisotopic (exact) mass is 384 g/mol. The second kappa shape index (κ2) is 8.06.